The Hall–Kier alpha value is -3.01. The number of thiocarbonyl (C=S) groups is 1. The number of fused-ring (bicyclic) bond motifs is 1. The Morgan fingerprint density at radius 2 is 1.84 bits per heavy atom. The molecule has 2 saturated heterocycles. The van der Waals surface area contributed by atoms with Crippen molar-refractivity contribution in [3.8, 4) is 0 Å². The molecular weight excluding hydrogens is 504 g/mol. The van der Waals surface area contributed by atoms with Gasteiger partial charge in [0.1, 0.15) is 15.8 Å². The number of ether oxygens (including phenoxy) is 1. The summed E-state index contributed by atoms with van der Waals surface area (Å²) in [6, 6.07) is 14.0. The van der Waals surface area contributed by atoms with E-state index in [-0.39, 0.29) is 23.7 Å². The molecule has 2 aliphatic rings. The maximum absolute atomic E-state index is 13.7. The van der Waals surface area contributed by atoms with Crippen LogP contribution in [0.5, 0.6) is 0 Å². The van der Waals surface area contributed by atoms with Gasteiger partial charge >= 0.3 is 0 Å². The molecule has 0 aliphatic carbocycles. The number of carbonyl (C=O) groups excluding carboxylic acids is 1. The first-order valence-electron chi connectivity index (χ1n) is 12.5. The van der Waals surface area contributed by atoms with Gasteiger partial charge in [0.25, 0.3) is 11.5 Å². The summed E-state index contributed by atoms with van der Waals surface area (Å²) in [5.74, 6) is 0.419. The van der Waals surface area contributed by atoms with Crippen LogP contribution in [0.1, 0.15) is 37.0 Å². The van der Waals surface area contributed by atoms with Crippen molar-refractivity contribution in [1.29, 1.82) is 0 Å². The molecule has 1 amide bonds. The number of aryl methyl sites for hydroxylation is 2. The zero-order valence-corrected chi connectivity index (χ0v) is 22.8. The summed E-state index contributed by atoms with van der Waals surface area (Å²) >= 11 is 6.80. The second-order valence-corrected chi connectivity index (χ2v) is 11.3. The van der Waals surface area contributed by atoms with Gasteiger partial charge in [-0.2, -0.15) is 0 Å². The fourth-order valence-corrected chi connectivity index (χ4v) is 6.22. The van der Waals surface area contributed by atoms with E-state index in [1.54, 1.807) is 21.6 Å². The van der Waals surface area contributed by atoms with Crippen molar-refractivity contribution < 1.29 is 9.53 Å². The van der Waals surface area contributed by atoms with Crippen LogP contribution in [0.25, 0.3) is 11.7 Å². The topological polar surface area (TPSA) is 67.2 Å². The van der Waals surface area contributed by atoms with Gasteiger partial charge in [-0.25, -0.2) is 4.98 Å². The summed E-state index contributed by atoms with van der Waals surface area (Å²) in [6.45, 7) is 7.73. The average molecular weight is 535 g/mol. The number of hydrogen-bond donors (Lipinski definition) is 0. The zero-order valence-electron chi connectivity index (χ0n) is 21.2. The van der Waals surface area contributed by atoms with E-state index in [4.69, 9.17) is 21.9 Å². The SMILES string of the molecule is Cc1cccn2c(=O)c(/C=C3\SC(=S)N(CCCc4ccccc4)C3=O)c(N3CC(C)OC(C)C3)nc12. The van der Waals surface area contributed by atoms with E-state index in [0.29, 0.717) is 45.9 Å². The van der Waals surface area contributed by atoms with Gasteiger partial charge in [0.05, 0.1) is 22.7 Å². The largest absolute Gasteiger partial charge is 0.372 e. The van der Waals surface area contributed by atoms with Crippen LogP contribution in [0.3, 0.4) is 0 Å². The summed E-state index contributed by atoms with van der Waals surface area (Å²) in [4.78, 5) is 36.2. The Kier molecular flexibility index (Phi) is 7.46. The monoisotopic (exact) mass is 534 g/mol. The van der Waals surface area contributed by atoms with Gasteiger partial charge in [-0.3, -0.25) is 18.9 Å². The number of benzene rings is 1. The minimum atomic E-state index is -0.204. The average Bonchev–Trinajstić information content (AvgIpc) is 3.13. The van der Waals surface area contributed by atoms with Crippen LogP contribution in [0, 0.1) is 6.92 Å². The van der Waals surface area contributed by atoms with Crippen molar-refractivity contribution in [2.75, 3.05) is 24.5 Å². The lowest BCUT2D eigenvalue weighted by Crippen LogP contribution is -2.46. The van der Waals surface area contributed by atoms with Crippen molar-refractivity contribution in [2.24, 2.45) is 0 Å². The third-order valence-electron chi connectivity index (χ3n) is 6.62. The molecular formula is C28H30N4O3S2. The van der Waals surface area contributed by atoms with Crippen molar-refractivity contribution in [1.82, 2.24) is 14.3 Å². The molecule has 4 heterocycles. The summed E-state index contributed by atoms with van der Waals surface area (Å²) in [5.41, 5.74) is 2.94. The summed E-state index contributed by atoms with van der Waals surface area (Å²) in [6.07, 6.45) is 5.06. The predicted octanol–water partition coefficient (Wildman–Crippen LogP) is 4.45. The first-order chi connectivity index (χ1) is 17.8. The van der Waals surface area contributed by atoms with Crippen LogP contribution < -0.4 is 10.5 Å². The van der Waals surface area contributed by atoms with Gasteiger partial charge in [-0.1, -0.05) is 60.4 Å². The van der Waals surface area contributed by atoms with E-state index in [0.717, 1.165) is 18.4 Å². The van der Waals surface area contributed by atoms with Crippen LogP contribution in [0.2, 0.25) is 0 Å². The molecule has 192 valence electrons. The number of thioether (sulfide) groups is 1. The van der Waals surface area contributed by atoms with Crippen molar-refractivity contribution in [3.63, 3.8) is 0 Å². The predicted molar refractivity (Wildman–Crippen MR) is 153 cm³/mol. The van der Waals surface area contributed by atoms with Crippen LogP contribution in [0.4, 0.5) is 5.82 Å². The molecule has 0 bridgehead atoms. The molecule has 3 aromatic rings. The molecule has 2 atom stereocenters. The standard InChI is InChI=1S/C28H30N4O3S2/c1-18-9-7-13-31-24(18)29-25(30-16-19(2)35-20(3)17-30)22(26(31)33)15-23-27(34)32(28(36)37-23)14-8-12-21-10-5-4-6-11-21/h4-7,9-11,13,15,19-20H,8,12,14,16-17H2,1-3H3/b23-15-. The lowest BCUT2D eigenvalue weighted by atomic mass is 10.1. The highest BCUT2D eigenvalue weighted by Crippen LogP contribution is 2.34. The van der Waals surface area contributed by atoms with E-state index in [1.165, 1.54) is 17.3 Å². The quantitative estimate of drug-likeness (QED) is 0.342. The second kappa shape index (κ2) is 10.8. The Bertz CT molecular complexity index is 1430. The van der Waals surface area contributed by atoms with Gasteiger partial charge in [-0.15, -0.1) is 0 Å². The van der Waals surface area contributed by atoms with Gasteiger partial charge in [-0.05, 0) is 56.9 Å². The molecule has 0 radical (unpaired) electrons. The highest BCUT2D eigenvalue weighted by atomic mass is 32.2. The van der Waals surface area contributed by atoms with Crippen LogP contribution in [0.15, 0.2) is 58.4 Å². The minimum absolute atomic E-state index is 0.00320. The number of pyridine rings is 1. The fourth-order valence-electron chi connectivity index (χ4n) is 4.93. The van der Waals surface area contributed by atoms with E-state index < -0.39 is 0 Å². The molecule has 5 rings (SSSR count). The van der Waals surface area contributed by atoms with E-state index in [2.05, 4.69) is 17.0 Å². The Morgan fingerprint density at radius 1 is 1.11 bits per heavy atom. The van der Waals surface area contributed by atoms with Crippen LogP contribution in [-0.4, -0.2) is 56.4 Å². The number of hydrogen-bond acceptors (Lipinski definition) is 7. The lowest BCUT2D eigenvalue weighted by molar-refractivity contribution is -0.122. The number of morpholine rings is 1. The van der Waals surface area contributed by atoms with Gasteiger partial charge in [0.15, 0.2) is 0 Å². The van der Waals surface area contributed by atoms with E-state index in [9.17, 15) is 9.59 Å². The molecule has 0 N–H and O–H groups in total. The molecule has 2 aliphatic heterocycles. The zero-order chi connectivity index (χ0) is 26.1. The van der Waals surface area contributed by atoms with Crippen LogP contribution >= 0.6 is 24.0 Å². The van der Waals surface area contributed by atoms with Gasteiger partial charge < -0.3 is 9.64 Å². The third kappa shape index (κ3) is 5.35. The molecule has 2 unspecified atom stereocenters. The van der Waals surface area contributed by atoms with Crippen molar-refractivity contribution >= 4 is 51.7 Å². The highest BCUT2D eigenvalue weighted by Gasteiger charge is 2.33. The Morgan fingerprint density at radius 3 is 2.57 bits per heavy atom. The lowest BCUT2D eigenvalue weighted by Gasteiger charge is -2.36. The number of aromatic nitrogens is 2. The molecule has 0 saturated carbocycles. The normalized spacial score (nSPS) is 21.4. The number of anilines is 1. The maximum Gasteiger partial charge on any atom is 0.267 e. The minimum Gasteiger partial charge on any atom is -0.372 e. The summed E-state index contributed by atoms with van der Waals surface area (Å²) < 4.78 is 7.99. The number of carbonyl (C=O) groups is 1. The molecule has 9 heteroatoms. The summed E-state index contributed by atoms with van der Waals surface area (Å²) in [7, 11) is 0. The first kappa shape index (κ1) is 25.6. The molecule has 7 nitrogen and oxygen atoms in total. The first-order valence-corrected chi connectivity index (χ1v) is 13.8. The number of amides is 1. The van der Waals surface area contributed by atoms with E-state index >= 15 is 0 Å². The van der Waals surface area contributed by atoms with Crippen LogP contribution in [-0.2, 0) is 16.0 Å². The van der Waals surface area contributed by atoms with Crippen molar-refractivity contribution in [3.05, 3.63) is 80.6 Å². The maximum atomic E-state index is 13.7. The third-order valence-corrected chi connectivity index (χ3v) is 8.00. The molecule has 2 aromatic heterocycles. The van der Waals surface area contributed by atoms with Gasteiger partial charge in [0.2, 0.25) is 0 Å². The molecule has 2 fully saturated rings. The van der Waals surface area contributed by atoms with Crippen molar-refractivity contribution in [2.45, 2.75) is 45.8 Å². The highest BCUT2D eigenvalue weighted by molar-refractivity contribution is 8.26. The number of rotatable bonds is 6. The van der Waals surface area contributed by atoms with Gasteiger partial charge in [0, 0.05) is 25.8 Å². The summed E-state index contributed by atoms with van der Waals surface area (Å²) in [5, 5.41) is 0. The molecule has 1 aromatic carbocycles. The molecule has 37 heavy (non-hydrogen) atoms. The smallest absolute Gasteiger partial charge is 0.267 e. The molecule has 0 spiro atoms. The fraction of sp³-hybridized carbons (Fsp3) is 0.357. The Labute approximate surface area is 226 Å². The number of nitrogens with zero attached hydrogens (tertiary/aromatic N) is 4. The Balaban J connectivity index is 1.48. The second-order valence-electron chi connectivity index (χ2n) is 9.62. The van der Waals surface area contributed by atoms with E-state index in [1.807, 2.05) is 51.1 Å².